The van der Waals surface area contributed by atoms with Crippen LogP contribution in [0.3, 0.4) is 0 Å². The van der Waals surface area contributed by atoms with Gasteiger partial charge in [-0.15, -0.1) is 9.77 Å². The number of amidine groups is 1. The Hall–Kier alpha value is -2.37. The number of benzene rings is 1. The molecule has 94 valence electrons. The lowest BCUT2D eigenvalue weighted by molar-refractivity contribution is -0.679. The Morgan fingerprint density at radius 3 is 2.83 bits per heavy atom. The predicted molar refractivity (Wildman–Crippen MR) is 67.1 cm³/mol. The van der Waals surface area contributed by atoms with Crippen molar-refractivity contribution in [1.82, 2.24) is 10.2 Å². The molecule has 2 aromatic rings. The predicted octanol–water partition coefficient (Wildman–Crippen LogP) is 0.459. The smallest absolute Gasteiger partial charge is 0.288 e. The lowest BCUT2D eigenvalue weighted by Crippen LogP contribution is -2.30. The van der Waals surface area contributed by atoms with Gasteiger partial charge in [-0.25, -0.2) is 0 Å². The molecule has 1 aromatic carbocycles. The highest BCUT2D eigenvalue weighted by Gasteiger charge is 2.01. The number of aromatic amines is 1. The van der Waals surface area contributed by atoms with Gasteiger partial charge in [-0.05, 0) is 24.6 Å². The Labute approximate surface area is 105 Å². The van der Waals surface area contributed by atoms with Gasteiger partial charge in [0.2, 0.25) is 6.33 Å². The van der Waals surface area contributed by atoms with Crippen molar-refractivity contribution in [2.45, 2.75) is 13.3 Å². The molecule has 18 heavy (non-hydrogen) atoms. The van der Waals surface area contributed by atoms with Gasteiger partial charge in [-0.1, -0.05) is 17.2 Å². The van der Waals surface area contributed by atoms with Crippen LogP contribution in [0.2, 0.25) is 0 Å². The van der Waals surface area contributed by atoms with E-state index in [-0.39, 0.29) is 0 Å². The molecular formula is C12H16N5O+. The maximum atomic E-state index is 5.85. The highest BCUT2D eigenvalue weighted by molar-refractivity contribution is 5.81. The highest BCUT2D eigenvalue weighted by Crippen LogP contribution is 2.12. The van der Waals surface area contributed by atoms with E-state index in [1.165, 1.54) is 4.68 Å². The lowest BCUT2D eigenvalue weighted by atomic mass is 10.1. The molecule has 0 aliphatic rings. The van der Waals surface area contributed by atoms with E-state index < -0.39 is 0 Å². The van der Waals surface area contributed by atoms with E-state index in [2.05, 4.69) is 15.3 Å². The van der Waals surface area contributed by atoms with Crippen molar-refractivity contribution in [2.24, 2.45) is 10.8 Å². The summed E-state index contributed by atoms with van der Waals surface area (Å²) in [6.45, 7) is 2.63. The summed E-state index contributed by atoms with van der Waals surface area (Å²) in [5.41, 5.74) is 6.94. The molecule has 0 saturated heterocycles. The molecule has 0 saturated carbocycles. The van der Waals surface area contributed by atoms with Gasteiger partial charge < -0.3 is 10.5 Å². The van der Waals surface area contributed by atoms with Crippen LogP contribution < -0.4 is 15.1 Å². The van der Waals surface area contributed by atoms with E-state index in [9.17, 15) is 0 Å². The SMILES string of the molecule is CCOc1ccc(CC(N)=N[n+]2cn[nH]c2)cc1. The quantitative estimate of drug-likeness (QED) is 0.457. The molecule has 0 atom stereocenters. The van der Waals surface area contributed by atoms with Gasteiger partial charge in [-0.3, -0.25) is 0 Å². The number of aromatic nitrogens is 3. The van der Waals surface area contributed by atoms with E-state index in [1.54, 1.807) is 12.7 Å². The molecule has 0 bridgehead atoms. The van der Waals surface area contributed by atoms with E-state index in [4.69, 9.17) is 10.5 Å². The minimum absolute atomic E-state index is 0.519. The van der Waals surface area contributed by atoms with Crippen molar-refractivity contribution in [2.75, 3.05) is 6.61 Å². The maximum Gasteiger partial charge on any atom is 0.288 e. The third kappa shape index (κ3) is 3.31. The van der Waals surface area contributed by atoms with Gasteiger partial charge >= 0.3 is 0 Å². The molecule has 0 amide bonds. The molecular weight excluding hydrogens is 230 g/mol. The van der Waals surface area contributed by atoms with Crippen LogP contribution >= 0.6 is 0 Å². The molecule has 0 radical (unpaired) electrons. The first-order valence-electron chi connectivity index (χ1n) is 5.73. The Kier molecular flexibility index (Phi) is 3.90. The van der Waals surface area contributed by atoms with Crippen molar-refractivity contribution >= 4 is 5.84 Å². The van der Waals surface area contributed by atoms with Crippen LogP contribution in [0, 0.1) is 0 Å². The first-order valence-corrected chi connectivity index (χ1v) is 5.73. The highest BCUT2D eigenvalue weighted by atomic mass is 16.5. The number of H-pyrrole nitrogens is 1. The van der Waals surface area contributed by atoms with Crippen LogP contribution in [-0.4, -0.2) is 22.6 Å². The average molecular weight is 246 g/mol. The number of rotatable bonds is 5. The summed E-state index contributed by atoms with van der Waals surface area (Å²) in [4.78, 5) is 0. The molecule has 3 N–H and O–H groups in total. The molecule has 6 nitrogen and oxygen atoms in total. The number of hydrogen-bond acceptors (Lipinski definition) is 3. The van der Waals surface area contributed by atoms with Gasteiger partial charge in [0, 0.05) is 11.5 Å². The molecule has 6 heteroatoms. The summed E-state index contributed by atoms with van der Waals surface area (Å²) in [6.07, 6.45) is 3.75. The normalized spacial score (nSPS) is 11.5. The van der Waals surface area contributed by atoms with Crippen LogP contribution in [0.4, 0.5) is 0 Å². The fourth-order valence-corrected chi connectivity index (χ4v) is 1.54. The van der Waals surface area contributed by atoms with Gasteiger partial charge in [0.05, 0.1) is 6.61 Å². The number of ether oxygens (including phenoxy) is 1. The number of nitrogens with one attached hydrogen (secondary N) is 1. The number of nitrogens with zero attached hydrogens (tertiary/aromatic N) is 3. The largest absolute Gasteiger partial charge is 0.494 e. The molecule has 0 unspecified atom stereocenters. The van der Waals surface area contributed by atoms with Crippen LogP contribution in [0.1, 0.15) is 12.5 Å². The van der Waals surface area contributed by atoms with Crippen molar-refractivity contribution in [3.8, 4) is 5.75 Å². The Balaban J connectivity index is 2.00. The van der Waals surface area contributed by atoms with Gasteiger partial charge in [0.15, 0.2) is 0 Å². The maximum absolute atomic E-state index is 5.85. The lowest BCUT2D eigenvalue weighted by Gasteiger charge is -2.04. The molecule has 1 heterocycles. The molecule has 0 aliphatic carbocycles. The second kappa shape index (κ2) is 5.81. The Morgan fingerprint density at radius 1 is 1.44 bits per heavy atom. The first kappa shape index (κ1) is 12.1. The Morgan fingerprint density at radius 2 is 2.22 bits per heavy atom. The fraction of sp³-hybridized carbons (Fsp3) is 0.250. The third-order valence-electron chi connectivity index (χ3n) is 2.30. The van der Waals surface area contributed by atoms with Gasteiger partial charge in [-0.2, -0.15) is 0 Å². The molecule has 1 aromatic heterocycles. The molecule has 0 spiro atoms. The summed E-state index contributed by atoms with van der Waals surface area (Å²) >= 11 is 0. The second-order valence-corrected chi connectivity index (χ2v) is 3.73. The molecule has 2 rings (SSSR count). The van der Waals surface area contributed by atoms with E-state index in [0.29, 0.717) is 18.9 Å². The van der Waals surface area contributed by atoms with Crippen LogP contribution in [0.5, 0.6) is 5.75 Å². The van der Waals surface area contributed by atoms with Gasteiger partial charge in [0.1, 0.15) is 11.6 Å². The minimum atomic E-state index is 0.519. The standard InChI is InChI=1S/C12H15N5O/c1-2-18-11-5-3-10(4-6-11)7-12(13)16-17-8-14-15-9-17/h3-6,8-9H,2,7H2,1H3,(H2,13,16)/p+1. The number of hydrogen-bond donors (Lipinski definition) is 2. The van der Waals surface area contributed by atoms with Crippen molar-refractivity contribution in [3.63, 3.8) is 0 Å². The summed E-state index contributed by atoms with van der Waals surface area (Å²) in [6, 6.07) is 7.81. The number of nitrogens with two attached hydrogens (primary N) is 1. The minimum Gasteiger partial charge on any atom is -0.494 e. The Bertz CT molecular complexity index is 504. The topological polar surface area (TPSA) is 80.2 Å². The summed E-state index contributed by atoms with van der Waals surface area (Å²) in [5.74, 6) is 1.38. The average Bonchev–Trinajstić information content (AvgIpc) is 2.84. The summed E-state index contributed by atoms with van der Waals surface area (Å²) in [7, 11) is 0. The van der Waals surface area contributed by atoms with Crippen molar-refractivity contribution in [3.05, 3.63) is 42.5 Å². The molecule has 0 fully saturated rings. The van der Waals surface area contributed by atoms with E-state index in [0.717, 1.165) is 11.3 Å². The molecule has 0 aliphatic heterocycles. The van der Waals surface area contributed by atoms with Crippen LogP contribution in [0.15, 0.2) is 42.0 Å². The fourth-order valence-electron chi connectivity index (χ4n) is 1.54. The van der Waals surface area contributed by atoms with Crippen LogP contribution in [-0.2, 0) is 6.42 Å². The van der Waals surface area contributed by atoms with E-state index in [1.807, 2.05) is 31.2 Å². The summed E-state index contributed by atoms with van der Waals surface area (Å²) in [5, 5.41) is 10.6. The third-order valence-corrected chi connectivity index (χ3v) is 2.30. The van der Waals surface area contributed by atoms with Gasteiger partial charge in [0.25, 0.3) is 6.33 Å². The van der Waals surface area contributed by atoms with Crippen molar-refractivity contribution < 1.29 is 9.41 Å². The van der Waals surface area contributed by atoms with Crippen molar-refractivity contribution in [1.29, 1.82) is 0 Å². The zero-order valence-corrected chi connectivity index (χ0v) is 10.2. The van der Waals surface area contributed by atoms with Crippen LogP contribution in [0.25, 0.3) is 0 Å². The van der Waals surface area contributed by atoms with E-state index >= 15 is 0 Å². The first-order chi connectivity index (χ1) is 8.78. The zero-order chi connectivity index (χ0) is 12.8. The second-order valence-electron chi connectivity index (χ2n) is 3.73. The zero-order valence-electron chi connectivity index (χ0n) is 10.2. The monoisotopic (exact) mass is 246 g/mol. The summed E-state index contributed by atoms with van der Waals surface area (Å²) < 4.78 is 6.90.